The second-order valence-corrected chi connectivity index (χ2v) is 6.19. The lowest BCUT2D eigenvalue weighted by molar-refractivity contribution is -0.143. The van der Waals surface area contributed by atoms with Crippen molar-refractivity contribution < 1.29 is 23.9 Å². The third-order valence-corrected chi connectivity index (χ3v) is 4.15. The minimum Gasteiger partial charge on any atom is -0.466 e. The van der Waals surface area contributed by atoms with E-state index in [1.807, 2.05) is 19.2 Å². The first-order valence-corrected chi connectivity index (χ1v) is 7.85. The predicted molar refractivity (Wildman–Crippen MR) is 86.6 cm³/mol. The summed E-state index contributed by atoms with van der Waals surface area (Å²) >= 11 is 0. The van der Waals surface area contributed by atoms with Crippen molar-refractivity contribution in [3.8, 4) is 0 Å². The summed E-state index contributed by atoms with van der Waals surface area (Å²) in [4.78, 5) is 48.8. The lowest BCUT2D eigenvalue weighted by Gasteiger charge is -2.30. The molecule has 1 aliphatic heterocycles. The van der Waals surface area contributed by atoms with Crippen LogP contribution in [-0.2, 0) is 19.1 Å². The number of urea groups is 1. The van der Waals surface area contributed by atoms with Crippen molar-refractivity contribution in [1.82, 2.24) is 10.2 Å². The quantitative estimate of drug-likeness (QED) is 0.541. The van der Waals surface area contributed by atoms with Crippen LogP contribution in [0, 0.1) is 11.8 Å². The summed E-state index contributed by atoms with van der Waals surface area (Å²) in [5, 5.41) is 2.02. The molecule has 0 unspecified atom stereocenters. The zero-order valence-corrected chi connectivity index (χ0v) is 14.3. The molecule has 134 valence electrons. The smallest absolute Gasteiger partial charge is 0.333 e. The maximum Gasteiger partial charge on any atom is 0.333 e. The van der Waals surface area contributed by atoms with Gasteiger partial charge in [0.15, 0.2) is 0 Å². The molecule has 0 aliphatic carbocycles. The fraction of sp³-hybridized carbons (Fsp3) is 0.625. The Hall–Kier alpha value is -2.38. The van der Waals surface area contributed by atoms with Crippen LogP contribution in [0.5, 0.6) is 0 Å². The van der Waals surface area contributed by atoms with Crippen LogP contribution in [-0.4, -0.2) is 48.4 Å². The molecule has 3 N–H and O–H groups in total. The molecule has 0 aromatic carbocycles. The van der Waals surface area contributed by atoms with Crippen LogP contribution in [0.2, 0.25) is 0 Å². The van der Waals surface area contributed by atoms with E-state index in [2.05, 4.69) is 11.3 Å². The zero-order valence-electron chi connectivity index (χ0n) is 14.3. The van der Waals surface area contributed by atoms with Gasteiger partial charge in [0.25, 0.3) is 5.91 Å². The van der Waals surface area contributed by atoms with Crippen molar-refractivity contribution in [2.45, 2.75) is 39.2 Å². The highest BCUT2D eigenvalue weighted by atomic mass is 16.5. The highest BCUT2D eigenvalue weighted by molar-refractivity contribution is 5.98. The largest absolute Gasteiger partial charge is 0.466 e. The summed E-state index contributed by atoms with van der Waals surface area (Å²) in [6.45, 7) is 7.81. The number of nitrogens with two attached hydrogens (primary N) is 1. The Morgan fingerprint density at radius 2 is 1.96 bits per heavy atom. The number of rotatable bonds is 6. The summed E-state index contributed by atoms with van der Waals surface area (Å²) in [5.74, 6) is -1.93. The predicted octanol–water partition coefficient (Wildman–Crippen LogP) is 0.564. The van der Waals surface area contributed by atoms with Crippen LogP contribution in [0.3, 0.4) is 0 Å². The second kappa shape index (κ2) is 8.47. The number of nitrogens with one attached hydrogen (secondary N) is 1. The maximum atomic E-state index is 12.9. The molecule has 2 atom stereocenters. The first kappa shape index (κ1) is 19.7. The molecule has 8 nitrogen and oxygen atoms in total. The average molecular weight is 339 g/mol. The van der Waals surface area contributed by atoms with Gasteiger partial charge in [-0.25, -0.2) is 9.59 Å². The second-order valence-electron chi connectivity index (χ2n) is 6.19. The molecule has 0 aromatic heterocycles. The van der Waals surface area contributed by atoms with E-state index in [1.165, 1.54) is 12.0 Å². The molecule has 0 saturated carbocycles. The number of esters is 1. The molecule has 8 heteroatoms. The molecular formula is C16H25N3O5. The molecule has 4 amide bonds. The Balaban J connectivity index is 2.89. The van der Waals surface area contributed by atoms with Gasteiger partial charge in [-0.15, -0.1) is 0 Å². The number of ether oxygens (including phenoxy) is 1. The third-order valence-electron chi connectivity index (χ3n) is 4.15. The van der Waals surface area contributed by atoms with Crippen LogP contribution in [0.4, 0.5) is 4.79 Å². The minimum atomic E-state index is -0.946. The molecule has 1 rings (SSSR count). The van der Waals surface area contributed by atoms with Gasteiger partial charge in [0.1, 0.15) is 6.04 Å². The number of hydrogen-bond donors (Lipinski definition) is 2. The van der Waals surface area contributed by atoms with Gasteiger partial charge in [-0.05, 0) is 25.2 Å². The molecule has 1 heterocycles. The van der Waals surface area contributed by atoms with Gasteiger partial charge in [0.05, 0.1) is 7.11 Å². The summed E-state index contributed by atoms with van der Waals surface area (Å²) in [6, 6.07) is -1.67. The average Bonchev–Trinajstić information content (AvgIpc) is 2.99. The van der Waals surface area contributed by atoms with Gasteiger partial charge in [-0.3, -0.25) is 14.9 Å². The first-order chi connectivity index (χ1) is 11.2. The summed E-state index contributed by atoms with van der Waals surface area (Å²) < 4.78 is 4.62. The highest BCUT2D eigenvalue weighted by Gasteiger charge is 2.38. The Morgan fingerprint density at radius 3 is 2.46 bits per heavy atom. The van der Waals surface area contributed by atoms with Crippen LogP contribution < -0.4 is 11.1 Å². The Morgan fingerprint density at radius 1 is 1.33 bits per heavy atom. The van der Waals surface area contributed by atoms with Gasteiger partial charge in [0, 0.05) is 18.0 Å². The van der Waals surface area contributed by atoms with Crippen molar-refractivity contribution in [2.24, 2.45) is 17.6 Å². The van der Waals surface area contributed by atoms with Gasteiger partial charge in [-0.1, -0.05) is 20.4 Å². The Bertz CT molecular complexity index is 544. The summed E-state index contributed by atoms with van der Waals surface area (Å²) in [6.07, 6.45) is 1.28. The van der Waals surface area contributed by atoms with Gasteiger partial charge < -0.3 is 15.4 Å². The van der Waals surface area contributed by atoms with E-state index >= 15 is 0 Å². The van der Waals surface area contributed by atoms with E-state index in [1.54, 1.807) is 0 Å². The highest BCUT2D eigenvalue weighted by Crippen LogP contribution is 2.27. The number of nitrogens with zero attached hydrogens (tertiary/aromatic N) is 1. The number of amides is 4. The third kappa shape index (κ3) is 4.81. The fourth-order valence-electron chi connectivity index (χ4n) is 2.82. The molecule has 24 heavy (non-hydrogen) atoms. The van der Waals surface area contributed by atoms with Crippen molar-refractivity contribution in [2.75, 3.05) is 13.7 Å². The van der Waals surface area contributed by atoms with E-state index in [4.69, 9.17) is 5.73 Å². The number of imide groups is 1. The van der Waals surface area contributed by atoms with Crippen molar-refractivity contribution in [3.63, 3.8) is 0 Å². The number of methoxy groups -OCH3 is 1. The molecular weight excluding hydrogens is 314 g/mol. The van der Waals surface area contributed by atoms with Crippen LogP contribution >= 0.6 is 0 Å². The molecule has 1 fully saturated rings. The standard InChI is InChI=1S/C16H25N3O5/c1-9(2)11(8-10(3)15(22)24-4)14(21)19-7-5-6-12(19)13(20)18-16(17)23/h9,11-12H,3,5-8H2,1-2,4H3,(H3,17,18,20,23)/t11-,12-/m0/s1. The topological polar surface area (TPSA) is 119 Å². The molecule has 1 aliphatic rings. The Kier molecular flexibility index (Phi) is 6.94. The SMILES string of the molecule is C=C(C[C@H](C(=O)N1CCC[C@H]1C(=O)NC(N)=O)C(C)C)C(=O)OC. The molecule has 0 spiro atoms. The van der Waals surface area contributed by atoms with Crippen LogP contribution in [0.15, 0.2) is 12.2 Å². The number of likely N-dealkylation sites (tertiary alicyclic amines) is 1. The lowest BCUT2D eigenvalue weighted by atomic mass is 9.88. The molecule has 0 aromatic rings. The maximum absolute atomic E-state index is 12.9. The number of carbonyl (C=O) groups excluding carboxylic acids is 4. The number of primary amides is 1. The Labute approximate surface area is 141 Å². The fourth-order valence-corrected chi connectivity index (χ4v) is 2.82. The minimum absolute atomic E-state index is 0.0562. The summed E-state index contributed by atoms with van der Waals surface area (Å²) in [5.41, 5.74) is 5.18. The van der Waals surface area contributed by atoms with E-state index < -0.39 is 29.9 Å². The summed E-state index contributed by atoms with van der Waals surface area (Å²) in [7, 11) is 1.25. The van der Waals surface area contributed by atoms with Gasteiger partial charge in [-0.2, -0.15) is 0 Å². The van der Waals surface area contributed by atoms with E-state index in [0.29, 0.717) is 19.4 Å². The van der Waals surface area contributed by atoms with Crippen molar-refractivity contribution in [3.05, 3.63) is 12.2 Å². The lowest BCUT2D eigenvalue weighted by Crippen LogP contribution is -2.50. The van der Waals surface area contributed by atoms with Crippen molar-refractivity contribution in [1.29, 1.82) is 0 Å². The van der Waals surface area contributed by atoms with Gasteiger partial charge >= 0.3 is 12.0 Å². The number of carbonyl (C=O) groups is 4. The first-order valence-electron chi connectivity index (χ1n) is 7.85. The van der Waals surface area contributed by atoms with Crippen molar-refractivity contribution >= 4 is 23.8 Å². The zero-order chi connectivity index (χ0) is 18.4. The number of hydrogen-bond acceptors (Lipinski definition) is 5. The van der Waals surface area contributed by atoms with E-state index in [-0.39, 0.29) is 23.8 Å². The monoisotopic (exact) mass is 339 g/mol. The van der Waals surface area contributed by atoms with Crippen LogP contribution in [0.1, 0.15) is 33.1 Å². The van der Waals surface area contributed by atoms with E-state index in [9.17, 15) is 19.2 Å². The molecule has 1 saturated heterocycles. The van der Waals surface area contributed by atoms with Crippen LogP contribution in [0.25, 0.3) is 0 Å². The normalized spacial score (nSPS) is 18.2. The molecule has 0 radical (unpaired) electrons. The molecule has 0 bridgehead atoms. The van der Waals surface area contributed by atoms with E-state index in [0.717, 1.165) is 0 Å². The van der Waals surface area contributed by atoms with Gasteiger partial charge in [0.2, 0.25) is 5.91 Å².